The second-order valence-corrected chi connectivity index (χ2v) is 6.14. The Hall–Kier alpha value is 0.110. The summed E-state index contributed by atoms with van der Waals surface area (Å²) >= 11 is 0. The van der Waals surface area contributed by atoms with Crippen molar-refractivity contribution in [1.29, 1.82) is 0 Å². The van der Waals surface area contributed by atoms with Crippen LogP contribution in [0.5, 0.6) is 0 Å². The third kappa shape index (κ3) is 12.2. The second-order valence-electron chi connectivity index (χ2n) is 4.66. The van der Waals surface area contributed by atoms with E-state index < -0.39 is 10.8 Å². The van der Waals surface area contributed by atoms with E-state index in [1.807, 2.05) is 0 Å². The molecule has 0 radical (unpaired) electrons. The summed E-state index contributed by atoms with van der Waals surface area (Å²) in [5.41, 5.74) is 0. The summed E-state index contributed by atoms with van der Waals surface area (Å²) in [7, 11) is -0.858. The van der Waals surface area contributed by atoms with Crippen molar-refractivity contribution in [2.24, 2.45) is 0 Å². The molecule has 0 aliphatic rings. The van der Waals surface area contributed by atoms with Crippen LogP contribution in [0.15, 0.2) is 0 Å². The maximum Gasteiger partial charge on any atom is 0.0655 e. The lowest BCUT2D eigenvalue weighted by Crippen LogP contribution is -2.15. The first-order valence-electron chi connectivity index (χ1n) is 6.65. The Bertz CT molecular complexity index is 171. The molecular formula is C13H28O2S. The molecule has 0 heterocycles. The van der Waals surface area contributed by atoms with Crippen LogP contribution in [0.1, 0.15) is 64.7 Å². The van der Waals surface area contributed by atoms with E-state index in [0.29, 0.717) is 5.75 Å². The van der Waals surface area contributed by atoms with E-state index in [2.05, 4.69) is 6.92 Å². The van der Waals surface area contributed by atoms with Gasteiger partial charge in [-0.15, -0.1) is 0 Å². The van der Waals surface area contributed by atoms with Gasteiger partial charge in [-0.05, 0) is 6.42 Å². The van der Waals surface area contributed by atoms with Gasteiger partial charge < -0.3 is 5.11 Å². The minimum atomic E-state index is -0.858. The molecule has 0 saturated heterocycles. The summed E-state index contributed by atoms with van der Waals surface area (Å²) in [4.78, 5) is 0. The van der Waals surface area contributed by atoms with Gasteiger partial charge in [-0.1, -0.05) is 58.3 Å². The van der Waals surface area contributed by atoms with Crippen molar-refractivity contribution in [2.75, 3.05) is 12.0 Å². The number of aliphatic hydroxyl groups excluding tert-OH is 1. The maximum atomic E-state index is 10.8. The topological polar surface area (TPSA) is 37.3 Å². The predicted octanol–water partition coefficient (Wildman–Crippen LogP) is 3.26. The van der Waals surface area contributed by atoms with Crippen LogP contribution < -0.4 is 0 Å². The molecule has 0 aromatic heterocycles. The largest absolute Gasteiger partial charge is 0.392 e. The van der Waals surface area contributed by atoms with Gasteiger partial charge in [-0.3, -0.25) is 4.21 Å². The van der Waals surface area contributed by atoms with Crippen LogP contribution >= 0.6 is 0 Å². The molecule has 98 valence electrons. The lowest BCUT2D eigenvalue weighted by molar-refractivity contribution is 0.184. The zero-order valence-corrected chi connectivity index (χ0v) is 11.7. The molecule has 3 heteroatoms. The fourth-order valence-corrected chi connectivity index (χ4v) is 2.58. The highest BCUT2D eigenvalue weighted by molar-refractivity contribution is 7.84. The lowest BCUT2D eigenvalue weighted by atomic mass is 10.1. The van der Waals surface area contributed by atoms with Gasteiger partial charge in [0.15, 0.2) is 0 Å². The molecule has 0 aliphatic heterocycles. The van der Waals surface area contributed by atoms with E-state index in [1.54, 1.807) is 6.26 Å². The van der Waals surface area contributed by atoms with Crippen LogP contribution in [-0.4, -0.2) is 27.4 Å². The molecule has 0 aromatic carbocycles. The normalized spacial score (nSPS) is 14.9. The zero-order valence-electron chi connectivity index (χ0n) is 10.9. The fourth-order valence-electron chi connectivity index (χ4n) is 1.87. The molecule has 0 saturated carbocycles. The summed E-state index contributed by atoms with van der Waals surface area (Å²) < 4.78 is 10.8. The molecule has 2 unspecified atom stereocenters. The number of rotatable bonds is 11. The molecule has 0 fully saturated rings. The molecule has 0 rings (SSSR count). The first-order chi connectivity index (χ1) is 7.66. The third-order valence-corrected chi connectivity index (χ3v) is 3.67. The molecule has 16 heavy (non-hydrogen) atoms. The molecular weight excluding hydrogens is 220 g/mol. The van der Waals surface area contributed by atoms with E-state index in [-0.39, 0.29) is 6.10 Å². The Labute approximate surface area is 103 Å². The summed E-state index contributed by atoms with van der Waals surface area (Å²) in [5, 5.41) is 9.50. The van der Waals surface area contributed by atoms with Gasteiger partial charge in [0.25, 0.3) is 0 Å². The van der Waals surface area contributed by atoms with Crippen LogP contribution in [0.2, 0.25) is 0 Å². The van der Waals surface area contributed by atoms with Gasteiger partial charge in [-0.2, -0.15) is 0 Å². The van der Waals surface area contributed by atoms with Crippen LogP contribution in [0, 0.1) is 0 Å². The van der Waals surface area contributed by atoms with Crippen molar-refractivity contribution in [2.45, 2.75) is 70.8 Å². The first kappa shape index (κ1) is 16.1. The zero-order chi connectivity index (χ0) is 12.2. The molecule has 2 atom stereocenters. The highest BCUT2D eigenvalue weighted by atomic mass is 32.2. The van der Waals surface area contributed by atoms with Crippen LogP contribution in [0.4, 0.5) is 0 Å². The average molecular weight is 248 g/mol. The maximum absolute atomic E-state index is 10.8. The fraction of sp³-hybridized carbons (Fsp3) is 1.00. The Morgan fingerprint density at radius 3 is 2.00 bits per heavy atom. The Balaban J connectivity index is 3.11. The Morgan fingerprint density at radius 1 is 1.00 bits per heavy atom. The molecule has 0 spiro atoms. The predicted molar refractivity (Wildman–Crippen MR) is 72.2 cm³/mol. The van der Waals surface area contributed by atoms with Gasteiger partial charge in [0.2, 0.25) is 0 Å². The Morgan fingerprint density at radius 2 is 1.50 bits per heavy atom. The van der Waals surface area contributed by atoms with Gasteiger partial charge in [0.05, 0.1) is 6.10 Å². The third-order valence-electron chi connectivity index (χ3n) is 2.82. The minimum Gasteiger partial charge on any atom is -0.392 e. The monoisotopic (exact) mass is 248 g/mol. The minimum absolute atomic E-state index is 0.356. The number of hydrogen-bond donors (Lipinski definition) is 1. The van der Waals surface area contributed by atoms with Crippen LogP contribution in [-0.2, 0) is 10.8 Å². The van der Waals surface area contributed by atoms with E-state index in [0.717, 1.165) is 12.8 Å². The van der Waals surface area contributed by atoms with Crippen molar-refractivity contribution >= 4 is 10.8 Å². The van der Waals surface area contributed by atoms with Crippen LogP contribution in [0.25, 0.3) is 0 Å². The van der Waals surface area contributed by atoms with E-state index in [9.17, 15) is 9.32 Å². The molecule has 0 aromatic rings. The van der Waals surface area contributed by atoms with Crippen molar-refractivity contribution in [3.8, 4) is 0 Å². The summed E-state index contributed by atoms with van der Waals surface area (Å²) in [6.07, 6.45) is 12.4. The average Bonchev–Trinajstić information content (AvgIpc) is 2.21. The van der Waals surface area contributed by atoms with Gasteiger partial charge >= 0.3 is 0 Å². The van der Waals surface area contributed by atoms with E-state index in [4.69, 9.17) is 0 Å². The smallest absolute Gasteiger partial charge is 0.0655 e. The van der Waals surface area contributed by atoms with Crippen molar-refractivity contribution in [3.05, 3.63) is 0 Å². The summed E-state index contributed by atoms with van der Waals surface area (Å²) in [6.45, 7) is 2.24. The first-order valence-corrected chi connectivity index (χ1v) is 8.37. The lowest BCUT2D eigenvalue weighted by Gasteiger charge is -2.08. The summed E-state index contributed by atoms with van der Waals surface area (Å²) in [6, 6.07) is 0. The molecule has 0 aliphatic carbocycles. The SMILES string of the molecule is CCCCCCCCCCC(O)CS(C)=O. The molecule has 1 N–H and O–H groups in total. The number of aliphatic hydroxyl groups is 1. The number of unbranched alkanes of at least 4 members (excludes halogenated alkanes) is 7. The van der Waals surface area contributed by atoms with Crippen molar-refractivity contribution in [3.63, 3.8) is 0 Å². The highest BCUT2D eigenvalue weighted by Gasteiger charge is 2.05. The Kier molecular flexibility index (Phi) is 11.7. The summed E-state index contributed by atoms with van der Waals surface area (Å²) in [5.74, 6) is 0.441. The second kappa shape index (κ2) is 11.6. The number of hydrogen-bond acceptors (Lipinski definition) is 2. The van der Waals surface area contributed by atoms with Crippen molar-refractivity contribution in [1.82, 2.24) is 0 Å². The molecule has 2 nitrogen and oxygen atoms in total. The van der Waals surface area contributed by atoms with Crippen molar-refractivity contribution < 1.29 is 9.32 Å². The van der Waals surface area contributed by atoms with E-state index >= 15 is 0 Å². The van der Waals surface area contributed by atoms with E-state index in [1.165, 1.54) is 44.9 Å². The molecule has 0 amide bonds. The van der Waals surface area contributed by atoms with Gasteiger partial charge in [-0.25, -0.2) is 0 Å². The quantitative estimate of drug-likeness (QED) is 0.570. The standard InChI is InChI=1S/C13H28O2S/c1-3-4-5-6-7-8-9-10-11-13(14)12-16(2)15/h13-14H,3-12H2,1-2H3. The van der Waals surface area contributed by atoms with Crippen LogP contribution in [0.3, 0.4) is 0 Å². The van der Waals surface area contributed by atoms with Gasteiger partial charge in [0, 0.05) is 22.8 Å². The highest BCUT2D eigenvalue weighted by Crippen LogP contribution is 2.10. The molecule has 0 bridgehead atoms. The van der Waals surface area contributed by atoms with Gasteiger partial charge in [0.1, 0.15) is 0 Å².